The number of rotatable bonds is 4. The average Bonchev–Trinajstić information content (AvgIpc) is 2.48. The molecule has 0 aliphatic carbocycles. The first-order valence-corrected chi connectivity index (χ1v) is 10.1. The fourth-order valence-electron chi connectivity index (χ4n) is 2.76. The molecular weight excluding hydrogens is 342 g/mol. The quantitative estimate of drug-likeness (QED) is 0.762. The Bertz CT molecular complexity index is 681. The van der Waals surface area contributed by atoms with Crippen LogP contribution in [0.5, 0.6) is 0 Å². The highest BCUT2D eigenvalue weighted by molar-refractivity contribution is 7.85. The minimum absolute atomic E-state index is 0.0909. The molecule has 1 aromatic rings. The van der Waals surface area contributed by atoms with Crippen LogP contribution in [0.1, 0.15) is 39.7 Å². The van der Waals surface area contributed by atoms with Crippen LogP contribution in [0, 0.1) is 5.92 Å². The molecule has 2 rings (SSSR count). The van der Waals surface area contributed by atoms with Gasteiger partial charge in [-0.25, -0.2) is 4.79 Å². The maximum Gasteiger partial charge on any atom is 0.410 e. The molecule has 140 valence electrons. The normalized spacial score (nSPS) is 21.8. The summed E-state index contributed by atoms with van der Waals surface area (Å²) in [6.45, 7) is 8.19. The van der Waals surface area contributed by atoms with Gasteiger partial charge in [0.15, 0.2) is 0 Å². The summed E-state index contributed by atoms with van der Waals surface area (Å²) in [5, 5.41) is 0. The van der Waals surface area contributed by atoms with Crippen LogP contribution in [0.3, 0.4) is 0 Å². The Kier molecular flexibility index (Phi) is 6.11. The Morgan fingerprint density at radius 3 is 2.44 bits per heavy atom. The Balaban J connectivity index is 1.92. The van der Waals surface area contributed by atoms with E-state index in [0.29, 0.717) is 25.1 Å². The Hall–Kier alpha value is -1.60. The molecule has 2 atom stereocenters. The SMILES string of the molecule is C[C@@H]1CN(C(=O)OC(C)(C)C)CC[C@H]1OS(=O)(=O)Cc1ccccc1. The molecule has 0 N–H and O–H groups in total. The highest BCUT2D eigenvalue weighted by Crippen LogP contribution is 2.24. The van der Waals surface area contributed by atoms with Crippen LogP contribution >= 0.6 is 0 Å². The molecule has 0 saturated carbocycles. The second-order valence-electron chi connectivity index (χ2n) is 7.51. The van der Waals surface area contributed by atoms with Gasteiger partial charge in [-0.1, -0.05) is 37.3 Å². The predicted molar refractivity (Wildman–Crippen MR) is 95.5 cm³/mol. The zero-order valence-corrected chi connectivity index (χ0v) is 16.1. The van der Waals surface area contributed by atoms with E-state index in [1.807, 2.05) is 33.8 Å². The summed E-state index contributed by atoms with van der Waals surface area (Å²) < 4.78 is 35.4. The van der Waals surface area contributed by atoms with Gasteiger partial charge < -0.3 is 9.64 Å². The van der Waals surface area contributed by atoms with E-state index >= 15 is 0 Å². The second-order valence-corrected chi connectivity index (χ2v) is 9.11. The van der Waals surface area contributed by atoms with E-state index in [-0.39, 0.29) is 17.8 Å². The number of hydrogen-bond acceptors (Lipinski definition) is 5. The summed E-state index contributed by atoms with van der Waals surface area (Å²) in [6, 6.07) is 8.95. The Morgan fingerprint density at radius 2 is 1.88 bits per heavy atom. The first-order chi connectivity index (χ1) is 11.6. The number of piperidine rings is 1. The topological polar surface area (TPSA) is 72.9 Å². The lowest BCUT2D eigenvalue weighted by Gasteiger charge is -2.36. The summed E-state index contributed by atoms with van der Waals surface area (Å²) in [6.07, 6.45) is -0.327. The molecule has 1 aliphatic heterocycles. The molecule has 1 fully saturated rings. The molecule has 0 spiro atoms. The third-order valence-corrected chi connectivity index (χ3v) is 5.16. The summed E-state index contributed by atoms with van der Waals surface area (Å²) in [5.74, 6) is -0.237. The average molecular weight is 369 g/mol. The number of ether oxygens (including phenoxy) is 1. The van der Waals surface area contributed by atoms with Crippen LogP contribution < -0.4 is 0 Å². The molecule has 0 bridgehead atoms. The summed E-state index contributed by atoms with van der Waals surface area (Å²) in [7, 11) is -3.67. The van der Waals surface area contributed by atoms with E-state index < -0.39 is 21.8 Å². The molecule has 1 amide bonds. The smallest absolute Gasteiger partial charge is 0.410 e. The van der Waals surface area contributed by atoms with E-state index in [9.17, 15) is 13.2 Å². The standard InChI is InChI=1S/C18H27NO5S/c1-14-12-19(17(20)23-18(2,3)4)11-10-16(14)24-25(21,22)13-15-8-6-5-7-9-15/h5-9,14,16H,10-13H2,1-4H3/t14-,16-/m1/s1. The van der Waals surface area contributed by atoms with Crippen molar-refractivity contribution in [2.75, 3.05) is 13.1 Å². The maximum atomic E-state index is 12.3. The summed E-state index contributed by atoms with van der Waals surface area (Å²) in [5.41, 5.74) is 0.147. The molecule has 7 heteroatoms. The lowest BCUT2D eigenvalue weighted by molar-refractivity contribution is 0.00156. The Labute approximate surface area is 150 Å². The van der Waals surface area contributed by atoms with Crippen LogP contribution in [0.25, 0.3) is 0 Å². The van der Waals surface area contributed by atoms with Gasteiger partial charge in [0.05, 0.1) is 6.10 Å². The van der Waals surface area contributed by atoms with E-state index in [1.54, 1.807) is 29.2 Å². The number of nitrogens with zero attached hydrogens (tertiary/aromatic N) is 1. The van der Waals surface area contributed by atoms with Crippen molar-refractivity contribution in [1.82, 2.24) is 4.90 Å². The van der Waals surface area contributed by atoms with Crippen LogP contribution in [0.15, 0.2) is 30.3 Å². The summed E-state index contributed by atoms with van der Waals surface area (Å²) >= 11 is 0. The van der Waals surface area contributed by atoms with Gasteiger partial charge in [0.1, 0.15) is 11.4 Å². The summed E-state index contributed by atoms with van der Waals surface area (Å²) in [4.78, 5) is 13.7. The largest absolute Gasteiger partial charge is 0.444 e. The lowest BCUT2D eigenvalue weighted by atomic mass is 9.97. The Morgan fingerprint density at radius 1 is 1.24 bits per heavy atom. The first-order valence-electron chi connectivity index (χ1n) is 8.48. The van der Waals surface area contributed by atoms with Crippen molar-refractivity contribution in [3.63, 3.8) is 0 Å². The molecule has 1 aromatic carbocycles. The molecule has 0 unspecified atom stereocenters. The minimum atomic E-state index is -3.67. The highest BCUT2D eigenvalue weighted by Gasteiger charge is 2.34. The number of benzene rings is 1. The highest BCUT2D eigenvalue weighted by atomic mass is 32.2. The van der Waals surface area contributed by atoms with Gasteiger partial charge in [-0.3, -0.25) is 4.18 Å². The number of carbonyl (C=O) groups excluding carboxylic acids is 1. The molecule has 1 saturated heterocycles. The zero-order valence-electron chi connectivity index (χ0n) is 15.3. The van der Waals surface area contributed by atoms with Crippen LogP contribution in [-0.2, 0) is 24.8 Å². The van der Waals surface area contributed by atoms with Crippen molar-refractivity contribution in [2.45, 2.75) is 51.6 Å². The van der Waals surface area contributed by atoms with Gasteiger partial charge in [0.25, 0.3) is 10.1 Å². The van der Waals surface area contributed by atoms with Gasteiger partial charge in [-0.2, -0.15) is 8.42 Å². The molecule has 0 radical (unpaired) electrons. The van der Waals surface area contributed by atoms with Crippen molar-refractivity contribution in [3.05, 3.63) is 35.9 Å². The van der Waals surface area contributed by atoms with Crippen molar-refractivity contribution in [3.8, 4) is 0 Å². The fraction of sp³-hybridized carbons (Fsp3) is 0.611. The van der Waals surface area contributed by atoms with Crippen molar-refractivity contribution < 1.29 is 22.1 Å². The van der Waals surface area contributed by atoms with Gasteiger partial charge in [-0.05, 0) is 32.8 Å². The molecular formula is C18H27NO5S. The van der Waals surface area contributed by atoms with Crippen molar-refractivity contribution in [1.29, 1.82) is 0 Å². The van der Waals surface area contributed by atoms with E-state index in [1.165, 1.54) is 0 Å². The molecule has 25 heavy (non-hydrogen) atoms. The van der Waals surface area contributed by atoms with E-state index in [2.05, 4.69) is 0 Å². The minimum Gasteiger partial charge on any atom is -0.444 e. The molecule has 0 aromatic heterocycles. The molecule has 1 aliphatic rings. The third kappa shape index (κ3) is 6.32. The van der Waals surface area contributed by atoms with Gasteiger partial charge in [0.2, 0.25) is 0 Å². The maximum absolute atomic E-state index is 12.3. The monoisotopic (exact) mass is 369 g/mol. The van der Waals surface area contributed by atoms with E-state index in [4.69, 9.17) is 8.92 Å². The predicted octanol–water partition coefficient (Wildman–Crippen LogP) is 3.18. The van der Waals surface area contributed by atoms with Gasteiger partial charge in [-0.15, -0.1) is 0 Å². The second kappa shape index (κ2) is 7.74. The fourth-order valence-corrected chi connectivity index (χ4v) is 4.09. The van der Waals surface area contributed by atoms with Gasteiger partial charge in [0, 0.05) is 19.0 Å². The number of likely N-dealkylation sites (tertiary alicyclic amines) is 1. The first kappa shape index (κ1) is 19.7. The molecule has 1 heterocycles. The lowest BCUT2D eigenvalue weighted by Crippen LogP contribution is -2.48. The van der Waals surface area contributed by atoms with Crippen LogP contribution in [0.4, 0.5) is 4.79 Å². The number of hydrogen-bond donors (Lipinski definition) is 0. The third-order valence-electron chi connectivity index (χ3n) is 3.93. The van der Waals surface area contributed by atoms with Crippen molar-refractivity contribution in [2.24, 2.45) is 5.92 Å². The molecule has 6 nitrogen and oxygen atoms in total. The van der Waals surface area contributed by atoms with Crippen LogP contribution in [0.2, 0.25) is 0 Å². The van der Waals surface area contributed by atoms with Gasteiger partial charge >= 0.3 is 6.09 Å². The number of carbonyl (C=O) groups is 1. The zero-order chi connectivity index (χ0) is 18.7. The van der Waals surface area contributed by atoms with E-state index in [0.717, 1.165) is 0 Å². The van der Waals surface area contributed by atoms with Crippen LogP contribution in [-0.4, -0.2) is 44.2 Å². The number of amides is 1. The van der Waals surface area contributed by atoms with Crippen molar-refractivity contribution >= 4 is 16.2 Å².